The van der Waals surface area contributed by atoms with Crippen LogP contribution < -0.4 is 4.72 Å². The first-order valence-corrected chi connectivity index (χ1v) is 13.8. The van der Waals surface area contributed by atoms with Gasteiger partial charge < -0.3 is 10.1 Å². The maximum absolute atomic E-state index is 12.9. The highest BCUT2D eigenvalue weighted by Crippen LogP contribution is 2.45. The van der Waals surface area contributed by atoms with Crippen molar-refractivity contribution in [3.8, 4) is 11.1 Å². The molecular formula is C26H33ClN3O4S+. The Morgan fingerprint density at radius 2 is 1.86 bits per heavy atom. The number of anilines is 1. The average molecular weight is 519 g/mol. The molecule has 35 heavy (non-hydrogen) atoms. The van der Waals surface area contributed by atoms with Crippen molar-refractivity contribution in [3.63, 3.8) is 0 Å². The van der Waals surface area contributed by atoms with Crippen LogP contribution in [0.5, 0.6) is 0 Å². The Kier molecular flexibility index (Phi) is 6.76. The molecule has 1 aliphatic heterocycles. The molecule has 2 aromatic rings. The molecule has 188 valence electrons. The van der Waals surface area contributed by atoms with Crippen molar-refractivity contribution >= 4 is 39.2 Å². The molecule has 0 bridgehead atoms. The fourth-order valence-corrected chi connectivity index (χ4v) is 6.18. The second-order valence-electron chi connectivity index (χ2n) is 10.1. The van der Waals surface area contributed by atoms with Gasteiger partial charge in [-0.25, -0.2) is 8.61 Å². The normalized spacial score (nSPS) is 20.2. The Balaban J connectivity index is 1.66. The van der Waals surface area contributed by atoms with E-state index in [2.05, 4.69) is 4.72 Å². The Labute approximate surface area is 212 Å². The summed E-state index contributed by atoms with van der Waals surface area (Å²) in [5, 5.41) is 9.25. The molecule has 0 amide bonds. The summed E-state index contributed by atoms with van der Waals surface area (Å²) in [6.45, 7) is 4.13. The zero-order chi connectivity index (χ0) is 25.6. The smallest absolute Gasteiger partial charge is 0.393 e. The summed E-state index contributed by atoms with van der Waals surface area (Å²) < 4.78 is 33.8. The van der Waals surface area contributed by atoms with Gasteiger partial charge in [-0.05, 0) is 80.5 Å². The van der Waals surface area contributed by atoms with Crippen molar-refractivity contribution in [2.24, 2.45) is 0 Å². The first-order chi connectivity index (χ1) is 16.4. The van der Waals surface area contributed by atoms with E-state index in [1.54, 1.807) is 38.4 Å². The summed E-state index contributed by atoms with van der Waals surface area (Å²) >= 11 is 6.70. The van der Waals surface area contributed by atoms with Crippen molar-refractivity contribution in [2.75, 3.05) is 25.4 Å². The number of ether oxygens (including phenoxy) is 1. The molecule has 7 nitrogen and oxygen atoms in total. The standard InChI is InChI=1S/C26H33ClN3O4S/c1-5-30(3,4)35(32,33)29-19-11-9-10-18(15-19)21-14-17(2)20(16-22(21)27)23-24(28)26(34-25(23)31)12-7-6-8-13-26/h9-11,14-16,23,28-29H,5-8,12-13H2,1-4H3/q+1. The lowest BCUT2D eigenvalue weighted by molar-refractivity contribution is -0.759. The molecule has 1 unspecified atom stereocenters. The van der Waals surface area contributed by atoms with Crippen molar-refractivity contribution in [3.05, 3.63) is 52.5 Å². The third-order valence-corrected chi connectivity index (χ3v) is 9.84. The summed E-state index contributed by atoms with van der Waals surface area (Å²) in [7, 11) is -0.378. The van der Waals surface area contributed by atoms with Gasteiger partial charge in [-0.3, -0.25) is 4.79 Å². The van der Waals surface area contributed by atoms with Crippen molar-refractivity contribution < 1.29 is 21.8 Å². The van der Waals surface area contributed by atoms with Crippen LogP contribution in [0.4, 0.5) is 5.69 Å². The SMILES string of the molecule is CC[N+](C)(C)S(=O)(=O)Nc1cccc(-c2cc(C)c(C3C(=N)C4(CCCCC4)OC3=O)cc2Cl)c1. The van der Waals surface area contributed by atoms with Crippen LogP contribution in [-0.4, -0.2) is 50.2 Å². The van der Waals surface area contributed by atoms with E-state index in [0.29, 0.717) is 41.4 Å². The molecule has 0 aromatic heterocycles. The number of hydrogen-bond donors (Lipinski definition) is 2. The fraction of sp³-hybridized carbons (Fsp3) is 0.462. The van der Waals surface area contributed by atoms with E-state index >= 15 is 0 Å². The van der Waals surface area contributed by atoms with Gasteiger partial charge in [0.05, 0.1) is 32.0 Å². The highest BCUT2D eigenvalue weighted by atomic mass is 35.5. The molecule has 2 fully saturated rings. The molecule has 2 N–H and O–H groups in total. The number of aryl methyl sites for hydroxylation is 1. The van der Waals surface area contributed by atoms with Gasteiger partial charge in [-0.1, -0.05) is 30.2 Å². The summed E-state index contributed by atoms with van der Waals surface area (Å²) in [6, 6.07) is 10.7. The molecule has 2 aromatic carbocycles. The second kappa shape index (κ2) is 9.22. The summed E-state index contributed by atoms with van der Waals surface area (Å²) in [6.07, 6.45) is 4.41. The Bertz CT molecular complexity index is 1280. The Morgan fingerprint density at radius 1 is 1.17 bits per heavy atom. The third kappa shape index (κ3) is 4.59. The number of carbonyl (C=O) groups is 1. The molecule has 0 radical (unpaired) electrons. The van der Waals surface area contributed by atoms with E-state index in [-0.39, 0.29) is 9.86 Å². The van der Waals surface area contributed by atoms with Crippen molar-refractivity contribution in [1.29, 1.82) is 5.41 Å². The topological polar surface area (TPSA) is 96.3 Å². The maximum Gasteiger partial charge on any atom is 0.393 e. The number of hydrogen-bond acceptors (Lipinski definition) is 5. The number of quaternary nitrogens is 1. The molecule has 2 aliphatic rings. The van der Waals surface area contributed by atoms with E-state index in [9.17, 15) is 13.2 Å². The number of benzene rings is 2. The van der Waals surface area contributed by atoms with E-state index in [1.165, 1.54) is 0 Å². The highest BCUT2D eigenvalue weighted by Gasteiger charge is 2.53. The van der Waals surface area contributed by atoms with Crippen LogP contribution in [0.25, 0.3) is 11.1 Å². The third-order valence-electron chi connectivity index (χ3n) is 7.47. The maximum atomic E-state index is 12.9. The molecule has 1 aliphatic carbocycles. The molecule has 1 saturated carbocycles. The number of nitrogens with zero attached hydrogens (tertiary/aromatic N) is 1. The zero-order valence-electron chi connectivity index (χ0n) is 20.7. The van der Waals surface area contributed by atoms with Gasteiger partial charge in [-0.2, -0.15) is 8.42 Å². The second-order valence-corrected chi connectivity index (χ2v) is 12.6. The number of carbonyl (C=O) groups excluding carboxylic acids is 1. The molecule has 4 rings (SSSR count). The van der Waals surface area contributed by atoms with E-state index in [0.717, 1.165) is 36.0 Å². The molecule has 9 heteroatoms. The average Bonchev–Trinajstić information content (AvgIpc) is 3.04. The van der Waals surface area contributed by atoms with Gasteiger partial charge >= 0.3 is 16.2 Å². The van der Waals surface area contributed by atoms with Crippen LogP contribution in [0.3, 0.4) is 0 Å². The van der Waals surface area contributed by atoms with Crippen molar-refractivity contribution in [1.82, 2.24) is 0 Å². The highest BCUT2D eigenvalue weighted by molar-refractivity contribution is 7.87. The van der Waals surface area contributed by atoms with Crippen LogP contribution in [0.2, 0.25) is 5.02 Å². The largest absolute Gasteiger partial charge is 0.452 e. The predicted octanol–water partition coefficient (Wildman–Crippen LogP) is 5.43. The lowest BCUT2D eigenvalue weighted by Crippen LogP contribution is -2.48. The monoisotopic (exact) mass is 518 g/mol. The zero-order valence-corrected chi connectivity index (χ0v) is 22.2. The van der Waals surface area contributed by atoms with Crippen molar-refractivity contribution in [2.45, 2.75) is 57.5 Å². The number of halogens is 1. The van der Waals surface area contributed by atoms with Gasteiger partial charge in [0.2, 0.25) is 0 Å². The van der Waals surface area contributed by atoms with Crippen LogP contribution in [0.1, 0.15) is 56.1 Å². The van der Waals surface area contributed by atoms with Gasteiger partial charge in [0, 0.05) is 10.6 Å². The molecule has 1 spiro atoms. The molecule has 1 atom stereocenters. The van der Waals surface area contributed by atoms with Gasteiger partial charge in [0.25, 0.3) is 0 Å². The lowest BCUT2D eigenvalue weighted by Gasteiger charge is -2.31. The Hall–Kier alpha value is -2.42. The van der Waals surface area contributed by atoms with Gasteiger partial charge in [-0.15, -0.1) is 0 Å². The minimum atomic E-state index is -3.64. The Morgan fingerprint density at radius 3 is 2.51 bits per heavy atom. The summed E-state index contributed by atoms with van der Waals surface area (Å²) in [5.74, 6) is -1.12. The summed E-state index contributed by atoms with van der Waals surface area (Å²) in [4.78, 5) is 12.9. The van der Waals surface area contributed by atoms with Gasteiger partial charge in [0.15, 0.2) is 5.60 Å². The van der Waals surface area contributed by atoms with E-state index in [1.807, 2.05) is 26.0 Å². The van der Waals surface area contributed by atoms with E-state index < -0.39 is 21.7 Å². The van der Waals surface area contributed by atoms with Gasteiger partial charge in [0.1, 0.15) is 5.92 Å². The van der Waals surface area contributed by atoms with Crippen LogP contribution in [-0.2, 0) is 19.7 Å². The molecular weight excluding hydrogens is 486 g/mol. The van der Waals surface area contributed by atoms with Crippen LogP contribution in [0.15, 0.2) is 36.4 Å². The first-order valence-electron chi connectivity index (χ1n) is 12.0. The minimum absolute atomic E-state index is 0.198. The molecule has 1 heterocycles. The van der Waals surface area contributed by atoms with Crippen LogP contribution in [0, 0.1) is 12.3 Å². The lowest BCUT2D eigenvalue weighted by atomic mass is 9.77. The number of nitrogens with one attached hydrogen (secondary N) is 2. The fourth-order valence-electron chi connectivity index (χ4n) is 4.89. The quantitative estimate of drug-likeness (QED) is 0.393. The van der Waals surface area contributed by atoms with E-state index in [4.69, 9.17) is 21.7 Å². The van der Waals surface area contributed by atoms with Crippen LogP contribution >= 0.6 is 11.6 Å². The molecule has 1 saturated heterocycles. The number of rotatable bonds is 6. The summed E-state index contributed by atoms with van der Waals surface area (Å²) in [5.41, 5.74) is 3.01. The predicted molar refractivity (Wildman–Crippen MR) is 139 cm³/mol. The first kappa shape index (κ1) is 25.7. The minimum Gasteiger partial charge on any atom is -0.452 e. The number of esters is 1.